The van der Waals surface area contributed by atoms with Crippen LogP contribution in [0.1, 0.15) is 109 Å². The van der Waals surface area contributed by atoms with Crippen molar-refractivity contribution < 1.29 is 14.7 Å². The fourth-order valence-electron chi connectivity index (χ4n) is 3.69. The van der Waals surface area contributed by atoms with Crippen molar-refractivity contribution in [2.45, 2.75) is 116 Å². The smallest absolute Gasteiger partial charge is 0.326 e. The van der Waals surface area contributed by atoms with Crippen LogP contribution < -0.4 is 5.32 Å². The van der Waals surface area contributed by atoms with E-state index in [1.54, 1.807) is 6.20 Å². The summed E-state index contributed by atoms with van der Waals surface area (Å²) < 4.78 is 0. The van der Waals surface area contributed by atoms with Crippen LogP contribution in [-0.4, -0.2) is 33.0 Å². The average Bonchev–Trinajstić information content (AvgIpc) is 3.20. The largest absolute Gasteiger partial charge is 0.480 e. The molecule has 0 saturated carbocycles. The van der Waals surface area contributed by atoms with Gasteiger partial charge in [0.1, 0.15) is 6.04 Å². The van der Waals surface area contributed by atoms with Crippen LogP contribution in [-0.2, 0) is 16.0 Å². The van der Waals surface area contributed by atoms with Crippen molar-refractivity contribution >= 4 is 11.9 Å². The van der Waals surface area contributed by atoms with Crippen LogP contribution in [0.2, 0.25) is 0 Å². The molecule has 0 radical (unpaired) electrons. The molecule has 0 aromatic carbocycles. The third-order valence-electron chi connectivity index (χ3n) is 5.55. The molecule has 0 spiro atoms. The molecule has 1 atom stereocenters. The summed E-state index contributed by atoms with van der Waals surface area (Å²) in [5, 5.41) is 11.9. The summed E-state index contributed by atoms with van der Waals surface area (Å²) in [6.07, 6.45) is 20.2. The topological polar surface area (TPSA) is 95.1 Å². The molecule has 0 aliphatic rings. The van der Waals surface area contributed by atoms with E-state index in [1.807, 2.05) is 0 Å². The number of carboxylic acid groups (broad SMARTS) is 1. The van der Waals surface area contributed by atoms with Crippen molar-refractivity contribution in [3.63, 3.8) is 0 Å². The van der Waals surface area contributed by atoms with Crippen LogP contribution in [0, 0.1) is 5.92 Å². The maximum atomic E-state index is 12.0. The Balaban J connectivity index is 1.92. The van der Waals surface area contributed by atoms with Gasteiger partial charge in [-0.2, -0.15) is 0 Å². The zero-order valence-electron chi connectivity index (χ0n) is 19.1. The number of amides is 1. The Kier molecular flexibility index (Phi) is 14.7. The minimum atomic E-state index is -1.02. The Morgan fingerprint density at radius 1 is 0.933 bits per heavy atom. The van der Waals surface area contributed by atoms with E-state index in [0.717, 1.165) is 25.2 Å². The van der Waals surface area contributed by atoms with Gasteiger partial charge < -0.3 is 15.4 Å². The third kappa shape index (κ3) is 14.2. The van der Waals surface area contributed by atoms with Crippen LogP contribution in [0.15, 0.2) is 12.5 Å². The average molecular weight is 422 g/mol. The lowest BCUT2D eigenvalue weighted by Crippen LogP contribution is -2.42. The molecule has 6 heteroatoms. The molecule has 1 amide bonds. The van der Waals surface area contributed by atoms with Crippen molar-refractivity contribution in [2.24, 2.45) is 5.92 Å². The first-order valence-corrected chi connectivity index (χ1v) is 12.0. The van der Waals surface area contributed by atoms with Gasteiger partial charge in [-0.05, 0) is 12.3 Å². The number of carbonyl (C=O) groups is 2. The molecular weight excluding hydrogens is 378 g/mol. The summed E-state index contributed by atoms with van der Waals surface area (Å²) in [5.41, 5.74) is 0.703. The number of hydrogen-bond donors (Lipinski definition) is 3. The molecule has 0 saturated heterocycles. The van der Waals surface area contributed by atoms with E-state index >= 15 is 0 Å². The number of rotatable bonds is 19. The number of imidazole rings is 1. The first kappa shape index (κ1) is 26.2. The van der Waals surface area contributed by atoms with Gasteiger partial charge in [0, 0.05) is 24.7 Å². The van der Waals surface area contributed by atoms with Gasteiger partial charge in [0.15, 0.2) is 0 Å². The molecule has 1 rings (SSSR count). The molecule has 172 valence electrons. The van der Waals surface area contributed by atoms with Crippen LogP contribution >= 0.6 is 0 Å². The predicted octanol–water partition coefficient (Wildman–Crippen LogP) is 5.64. The number of nitrogens with zero attached hydrogens (tertiary/aromatic N) is 1. The Morgan fingerprint density at radius 3 is 1.93 bits per heavy atom. The number of aromatic nitrogens is 2. The van der Waals surface area contributed by atoms with Crippen LogP contribution in [0.5, 0.6) is 0 Å². The van der Waals surface area contributed by atoms with Crippen LogP contribution in [0.3, 0.4) is 0 Å². The number of hydrogen-bond acceptors (Lipinski definition) is 3. The van der Waals surface area contributed by atoms with Gasteiger partial charge in [0.05, 0.1) is 6.33 Å². The molecule has 1 aromatic heterocycles. The van der Waals surface area contributed by atoms with E-state index in [0.29, 0.717) is 12.1 Å². The predicted molar refractivity (Wildman–Crippen MR) is 121 cm³/mol. The molecule has 3 N–H and O–H groups in total. The number of carbonyl (C=O) groups excluding carboxylic acids is 1. The molecule has 0 fully saturated rings. The second-order valence-electron chi connectivity index (χ2n) is 8.91. The summed E-state index contributed by atoms with van der Waals surface area (Å²) in [6.45, 7) is 4.60. The van der Waals surface area contributed by atoms with Crippen molar-refractivity contribution in [1.29, 1.82) is 0 Å². The standard InChI is InChI=1S/C24H43N3O3/c1-20(2)15-13-11-9-7-5-3-4-6-8-10-12-14-16-23(28)27-22(24(29)30)17-21-18-25-19-26-21/h18-20,22H,3-17H2,1-2H3,(H,25,26)(H,27,28)(H,29,30)/t22-/m0/s1. The van der Waals surface area contributed by atoms with Gasteiger partial charge in [-0.1, -0.05) is 90.9 Å². The highest BCUT2D eigenvalue weighted by molar-refractivity contribution is 5.83. The molecular formula is C24H43N3O3. The number of aromatic amines is 1. The van der Waals surface area contributed by atoms with E-state index in [9.17, 15) is 14.7 Å². The zero-order valence-corrected chi connectivity index (χ0v) is 19.1. The van der Waals surface area contributed by atoms with Gasteiger partial charge in [0.25, 0.3) is 0 Å². The fourth-order valence-corrected chi connectivity index (χ4v) is 3.69. The number of nitrogens with one attached hydrogen (secondary N) is 2. The monoisotopic (exact) mass is 421 g/mol. The normalized spacial score (nSPS) is 12.2. The SMILES string of the molecule is CC(C)CCCCCCCCCCCCCCC(=O)N[C@@H](Cc1cnc[nH]1)C(=O)O. The Bertz CT molecular complexity index is 558. The quantitative estimate of drug-likeness (QED) is 0.252. The Morgan fingerprint density at radius 2 is 1.47 bits per heavy atom. The second-order valence-corrected chi connectivity index (χ2v) is 8.91. The van der Waals surface area contributed by atoms with Gasteiger partial charge in [-0.15, -0.1) is 0 Å². The Hall–Kier alpha value is -1.85. The number of aliphatic carboxylic acids is 1. The number of carboxylic acids is 1. The van der Waals surface area contributed by atoms with Gasteiger partial charge >= 0.3 is 5.97 Å². The van der Waals surface area contributed by atoms with Gasteiger partial charge in [-0.3, -0.25) is 4.79 Å². The molecule has 1 aromatic rings. The van der Waals surface area contributed by atoms with Crippen LogP contribution in [0.25, 0.3) is 0 Å². The van der Waals surface area contributed by atoms with E-state index in [1.165, 1.54) is 70.5 Å². The lowest BCUT2D eigenvalue weighted by atomic mass is 10.0. The van der Waals surface area contributed by atoms with E-state index in [2.05, 4.69) is 29.1 Å². The summed E-state index contributed by atoms with van der Waals surface area (Å²) >= 11 is 0. The minimum absolute atomic E-state index is 0.185. The molecule has 6 nitrogen and oxygen atoms in total. The van der Waals surface area contributed by atoms with E-state index in [-0.39, 0.29) is 12.3 Å². The summed E-state index contributed by atoms with van der Waals surface area (Å²) in [6, 6.07) is -0.909. The third-order valence-corrected chi connectivity index (χ3v) is 5.55. The fraction of sp³-hybridized carbons (Fsp3) is 0.792. The van der Waals surface area contributed by atoms with Gasteiger partial charge in [-0.25, -0.2) is 9.78 Å². The second kappa shape index (κ2) is 16.9. The first-order chi connectivity index (χ1) is 14.5. The van der Waals surface area contributed by atoms with Crippen LogP contribution in [0.4, 0.5) is 0 Å². The summed E-state index contributed by atoms with van der Waals surface area (Å²) in [7, 11) is 0. The molecule has 0 unspecified atom stereocenters. The zero-order chi connectivity index (χ0) is 22.0. The Labute approximate surface area is 182 Å². The number of H-pyrrole nitrogens is 1. The van der Waals surface area contributed by atoms with E-state index in [4.69, 9.17) is 0 Å². The highest BCUT2D eigenvalue weighted by Gasteiger charge is 2.20. The summed E-state index contributed by atoms with van der Waals surface area (Å²) in [5.74, 6) is -0.364. The molecule has 0 aliphatic heterocycles. The maximum absolute atomic E-state index is 12.0. The molecule has 0 aliphatic carbocycles. The minimum Gasteiger partial charge on any atom is -0.480 e. The summed E-state index contributed by atoms with van der Waals surface area (Å²) in [4.78, 5) is 30.1. The van der Waals surface area contributed by atoms with Gasteiger partial charge in [0.2, 0.25) is 5.91 Å². The van der Waals surface area contributed by atoms with Crippen molar-refractivity contribution in [1.82, 2.24) is 15.3 Å². The molecule has 0 bridgehead atoms. The van der Waals surface area contributed by atoms with Crippen molar-refractivity contribution in [3.05, 3.63) is 18.2 Å². The maximum Gasteiger partial charge on any atom is 0.326 e. The molecule has 1 heterocycles. The lowest BCUT2D eigenvalue weighted by molar-refractivity contribution is -0.141. The first-order valence-electron chi connectivity index (χ1n) is 12.0. The molecule has 30 heavy (non-hydrogen) atoms. The van der Waals surface area contributed by atoms with Crippen molar-refractivity contribution in [2.75, 3.05) is 0 Å². The number of unbranched alkanes of at least 4 members (excludes halogenated alkanes) is 11. The van der Waals surface area contributed by atoms with E-state index < -0.39 is 12.0 Å². The highest BCUT2D eigenvalue weighted by atomic mass is 16.4. The highest BCUT2D eigenvalue weighted by Crippen LogP contribution is 2.14. The lowest BCUT2D eigenvalue weighted by Gasteiger charge is -2.13. The van der Waals surface area contributed by atoms with Crippen molar-refractivity contribution in [3.8, 4) is 0 Å².